The zero-order valence-electron chi connectivity index (χ0n) is 13.9. The lowest BCUT2D eigenvalue weighted by molar-refractivity contribution is -0.119. The molecule has 2 heterocycles. The second-order valence-corrected chi connectivity index (χ2v) is 7.05. The second-order valence-electron chi connectivity index (χ2n) is 6.04. The van der Waals surface area contributed by atoms with E-state index in [9.17, 15) is 4.79 Å². The van der Waals surface area contributed by atoms with Gasteiger partial charge in [0.15, 0.2) is 5.13 Å². The van der Waals surface area contributed by atoms with Gasteiger partial charge in [0.2, 0.25) is 5.91 Å². The Bertz CT molecular complexity index is 677. The van der Waals surface area contributed by atoms with Gasteiger partial charge in [-0.15, -0.1) is 0 Å². The van der Waals surface area contributed by atoms with Crippen LogP contribution in [0.5, 0.6) is 0 Å². The first-order chi connectivity index (χ1) is 11.2. The summed E-state index contributed by atoms with van der Waals surface area (Å²) in [5.41, 5.74) is 2.28. The third-order valence-corrected chi connectivity index (χ3v) is 5.30. The fraction of sp³-hybridized carbons (Fsp3) is 0.556. The number of fused-ring (bicyclic) bond motifs is 1. The molecule has 1 aromatic carbocycles. The molecule has 1 amide bonds. The van der Waals surface area contributed by atoms with Gasteiger partial charge < -0.3 is 4.74 Å². The maximum Gasteiger partial charge on any atom is 0.228 e. The van der Waals surface area contributed by atoms with Crippen LogP contribution in [0.4, 0.5) is 5.13 Å². The monoisotopic (exact) mass is 332 g/mol. The Labute approximate surface area is 141 Å². The van der Waals surface area contributed by atoms with Crippen molar-refractivity contribution in [3.8, 4) is 0 Å². The number of benzene rings is 1. The minimum absolute atomic E-state index is 0.147. The van der Waals surface area contributed by atoms with Gasteiger partial charge in [0.25, 0.3) is 0 Å². The molecule has 0 radical (unpaired) electrons. The molecule has 0 aliphatic carbocycles. The number of aromatic nitrogens is 1. The lowest BCUT2D eigenvalue weighted by Crippen LogP contribution is -2.37. The minimum atomic E-state index is 0.147. The number of nitrogens with zero attached hydrogens (tertiary/aromatic N) is 2. The summed E-state index contributed by atoms with van der Waals surface area (Å²) >= 11 is 1.61. The van der Waals surface area contributed by atoms with Crippen molar-refractivity contribution >= 4 is 32.6 Å². The Balaban J connectivity index is 1.89. The SMILES string of the molecule is CCCC(=O)N(CC1CCCO1)c1nc2ccc(CC)cc2s1. The van der Waals surface area contributed by atoms with Crippen LogP contribution in [-0.4, -0.2) is 30.1 Å². The number of anilines is 1. The molecular formula is C18H24N2O2S. The number of carbonyl (C=O) groups excluding carboxylic acids is 1. The van der Waals surface area contributed by atoms with E-state index in [1.54, 1.807) is 11.3 Å². The second kappa shape index (κ2) is 7.41. The number of rotatable bonds is 6. The third kappa shape index (κ3) is 3.72. The highest BCUT2D eigenvalue weighted by Crippen LogP contribution is 2.31. The molecule has 4 nitrogen and oxygen atoms in total. The van der Waals surface area contributed by atoms with E-state index in [1.165, 1.54) is 5.56 Å². The van der Waals surface area contributed by atoms with E-state index < -0.39 is 0 Å². The first-order valence-electron chi connectivity index (χ1n) is 8.52. The van der Waals surface area contributed by atoms with E-state index >= 15 is 0 Å². The third-order valence-electron chi connectivity index (χ3n) is 4.26. The van der Waals surface area contributed by atoms with Crippen molar-refractivity contribution in [2.24, 2.45) is 0 Å². The summed E-state index contributed by atoms with van der Waals surface area (Å²) in [5, 5.41) is 0.808. The zero-order chi connectivity index (χ0) is 16.2. The lowest BCUT2D eigenvalue weighted by Gasteiger charge is -2.22. The topological polar surface area (TPSA) is 42.4 Å². The predicted molar refractivity (Wildman–Crippen MR) is 95.2 cm³/mol. The molecule has 0 bridgehead atoms. The van der Waals surface area contributed by atoms with Gasteiger partial charge in [-0.3, -0.25) is 9.69 Å². The van der Waals surface area contributed by atoms with Crippen molar-refractivity contribution in [2.75, 3.05) is 18.1 Å². The van der Waals surface area contributed by atoms with Crippen LogP contribution in [0.2, 0.25) is 0 Å². The average molecular weight is 332 g/mol. The molecule has 0 N–H and O–H groups in total. The molecule has 2 aromatic rings. The fourth-order valence-electron chi connectivity index (χ4n) is 2.92. The minimum Gasteiger partial charge on any atom is -0.376 e. The van der Waals surface area contributed by atoms with Crippen molar-refractivity contribution in [1.82, 2.24) is 4.98 Å². The van der Waals surface area contributed by atoms with E-state index in [-0.39, 0.29) is 12.0 Å². The maximum absolute atomic E-state index is 12.6. The molecule has 0 saturated carbocycles. The van der Waals surface area contributed by atoms with Crippen LogP contribution in [0.1, 0.15) is 45.1 Å². The molecule has 23 heavy (non-hydrogen) atoms. The summed E-state index contributed by atoms with van der Waals surface area (Å²) in [6.45, 7) is 5.62. The number of hydrogen-bond acceptors (Lipinski definition) is 4. The van der Waals surface area contributed by atoms with Crippen molar-refractivity contribution in [3.05, 3.63) is 23.8 Å². The van der Waals surface area contributed by atoms with Gasteiger partial charge in [0, 0.05) is 13.0 Å². The van der Waals surface area contributed by atoms with Crippen LogP contribution in [0.15, 0.2) is 18.2 Å². The molecular weight excluding hydrogens is 308 g/mol. The number of thiazole rings is 1. The first kappa shape index (κ1) is 16.4. The fourth-order valence-corrected chi connectivity index (χ4v) is 3.98. The van der Waals surface area contributed by atoms with Crippen LogP contribution in [-0.2, 0) is 16.0 Å². The Hall–Kier alpha value is -1.46. The van der Waals surface area contributed by atoms with Crippen LogP contribution in [0.3, 0.4) is 0 Å². The van der Waals surface area contributed by atoms with Gasteiger partial charge in [-0.2, -0.15) is 0 Å². The van der Waals surface area contributed by atoms with Gasteiger partial charge in [-0.05, 0) is 43.4 Å². The molecule has 124 valence electrons. The van der Waals surface area contributed by atoms with E-state index in [2.05, 4.69) is 25.1 Å². The van der Waals surface area contributed by atoms with Gasteiger partial charge in [-0.1, -0.05) is 31.3 Å². The molecule has 1 unspecified atom stereocenters. The maximum atomic E-state index is 12.6. The summed E-state index contributed by atoms with van der Waals surface area (Å²) < 4.78 is 6.88. The quantitative estimate of drug-likeness (QED) is 0.797. The standard InChI is InChI=1S/C18H24N2O2S/c1-3-6-17(21)20(12-14-7-5-10-22-14)18-19-15-9-8-13(4-2)11-16(15)23-18/h8-9,11,14H,3-7,10,12H2,1-2H3. The summed E-state index contributed by atoms with van der Waals surface area (Å²) in [7, 11) is 0. The first-order valence-corrected chi connectivity index (χ1v) is 9.34. The summed E-state index contributed by atoms with van der Waals surface area (Å²) in [4.78, 5) is 19.1. The highest BCUT2D eigenvalue weighted by molar-refractivity contribution is 7.22. The van der Waals surface area contributed by atoms with E-state index in [0.717, 1.165) is 47.6 Å². The van der Waals surface area contributed by atoms with E-state index in [0.29, 0.717) is 13.0 Å². The molecule has 1 aromatic heterocycles. The molecule has 1 fully saturated rings. The van der Waals surface area contributed by atoms with Crippen LogP contribution < -0.4 is 4.90 Å². The van der Waals surface area contributed by atoms with Crippen molar-refractivity contribution in [1.29, 1.82) is 0 Å². The Kier molecular flexibility index (Phi) is 5.28. The Morgan fingerprint density at radius 1 is 1.43 bits per heavy atom. The molecule has 1 atom stereocenters. The van der Waals surface area contributed by atoms with Crippen molar-refractivity contribution in [3.63, 3.8) is 0 Å². The van der Waals surface area contributed by atoms with Gasteiger partial charge in [0.1, 0.15) is 0 Å². The Morgan fingerprint density at radius 3 is 3.00 bits per heavy atom. The average Bonchev–Trinajstić information content (AvgIpc) is 3.20. The molecule has 1 saturated heterocycles. The number of ether oxygens (including phenoxy) is 1. The van der Waals surface area contributed by atoms with E-state index in [4.69, 9.17) is 9.72 Å². The summed E-state index contributed by atoms with van der Waals surface area (Å²) in [6.07, 6.45) is 4.68. The zero-order valence-corrected chi connectivity index (χ0v) is 14.7. The molecule has 3 rings (SSSR count). The number of aryl methyl sites for hydroxylation is 1. The lowest BCUT2D eigenvalue weighted by atomic mass is 10.2. The van der Waals surface area contributed by atoms with Crippen LogP contribution >= 0.6 is 11.3 Å². The molecule has 5 heteroatoms. The predicted octanol–water partition coefficient (Wildman–Crippen LogP) is 4.17. The normalized spacial score (nSPS) is 17.7. The highest BCUT2D eigenvalue weighted by atomic mass is 32.1. The van der Waals surface area contributed by atoms with Crippen molar-refractivity contribution in [2.45, 2.75) is 52.1 Å². The smallest absolute Gasteiger partial charge is 0.228 e. The Morgan fingerprint density at radius 2 is 2.30 bits per heavy atom. The largest absolute Gasteiger partial charge is 0.376 e. The van der Waals surface area contributed by atoms with Gasteiger partial charge in [0.05, 0.1) is 22.9 Å². The number of amides is 1. The van der Waals surface area contributed by atoms with Crippen molar-refractivity contribution < 1.29 is 9.53 Å². The summed E-state index contributed by atoms with van der Waals surface area (Å²) in [6, 6.07) is 6.36. The van der Waals surface area contributed by atoms with Gasteiger partial charge >= 0.3 is 0 Å². The molecule has 1 aliphatic heterocycles. The number of hydrogen-bond donors (Lipinski definition) is 0. The van der Waals surface area contributed by atoms with E-state index in [1.807, 2.05) is 11.8 Å². The number of carbonyl (C=O) groups is 1. The molecule has 0 spiro atoms. The van der Waals surface area contributed by atoms with Gasteiger partial charge in [-0.25, -0.2) is 4.98 Å². The van der Waals surface area contributed by atoms with Crippen LogP contribution in [0.25, 0.3) is 10.2 Å². The summed E-state index contributed by atoms with van der Waals surface area (Å²) in [5.74, 6) is 0.151. The van der Waals surface area contributed by atoms with Crippen LogP contribution in [0, 0.1) is 0 Å². The molecule has 1 aliphatic rings. The highest BCUT2D eigenvalue weighted by Gasteiger charge is 2.25.